The van der Waals surface area contributed by atoms with Crippen LogP contribution >= 0.6 is 0 Å². The second kappa shape index (κ2) is 3.23. The highest BCUT2D eigenvalue weighted by atomic mass is 16.5. The van der Waals surface area contributed by atoms with Crippen molar-refractivity contribution in [3.8, 4) is 0 Å². The summed E-state index contributed by atoms with van der Waals surface area (Å²) in [7, 11) is 2.04. The first-order valence-corrected chi connectivity index (χ1v) is 5.45. The van der Waals surface area contributed by atoms with Gasteiger partial charge < -0.3 is 9.64 Å². The Balaban J connectivity index is 1.92. The summed E-state index contributed by atoms with van der Waals surface area (Å²) in [6, 6.07) is 0.415. The van der Waals surface area contributed by atoms with Gasteiger partial charge in [-0.1, -0.05) is 0 Å². The smallest absolute Gasteiger partial charge is 0.0990 e. The molecule has 0 bridgehead atoms. The molecule has 2 fully saturated rings. The Morgan fingerprint density at radius 3 is 2.50 bits per heavy atom. The summed E-state index contributed by atoms with van der Waals surface area (Å²) in [5, 5.41) is 7.98. The molecule has 1 N–H and O–H groups in total. The second-order valence-corrected chi connectivity index (χ2v) is 5.20. The minimum atomic E-state index is 0.00274. The third-order valence-corrected chi connectivity index (χ3v) is 3.29. The van der Waals surface area contributed by atoms with Crippen LogP contribution < -0.4 is 0 Å². The molecule has 3 nitrogen and oxygen atoms in total. The Kier molecular flexibility index (Phi) is 2.30. The van der Waals surface area contributed by atoms with E-state index in [9.17, 15) is 0 Å². The largest absolute Gasteiger partial charge is 0.373 e. The molecule has 1 saturated heterocycles. The minimum Gasteiger partial charge on any atom is -0.373 e. The predicted molar refractivity (Wildman–Crippen MR) is 56.6 cm³/mol. The van der Waals surface area contributed by atoms with E-state index in [1.165, 1.54) is 12.8 Å². The molecule has 1 heterocycles. The van der Waals surface area contributed by atoms with E-state index >= 15 is 0 Å². The highest BCUT2D eigenvalue weighted by Gasteiger charge is 2.38. The Morgan fingerprint density at radius 1 is 1.43 bits per heavy atom. The van der Waals surface area contributed by atoms with Crippen molar-refractivity contribution in [2.45, 2.75) is 44.8 Å². The van der Waals surface area contributed by atoms with Gasteiger partial charge in [-0.05, 0) is 33.1 Å². The van der Waals surface area contributed by atoms with Gasteiger partial charge in [-0.3, -0.25) is 5.41 Å². The zero-order chi connectivity index (χ0) is 10.3. The summed E-state index contributed by atoms with van der Waals surface area (Å²) in [4.78, 5) is 2.12. The minimum absolute atomic E-state index is 0.00274. The van der Waals surface area contributed by atoms with Crippen LogP contribution in [0.15, 0.2) is 0 Å². The number of likely N-dealkylation sites (N-methyl/N-ethyl adjacent to an activating group) is 1. The van der Waals surface area contributed by atoms with E-state index in [1.807, 2.05) is 7.05 Å². The fourth-order valence-electron chi connectivity index (χ4n) is 2.10. The van der Waals surface area contributed by atoms with Crippen LogP contribution in [0.3, 0.4) is 0 Å². The molecule has 2 rings (SSSR count). The molecule has 1 saturated carbocycles. The van der Waals surface area contributed by atoms with Gasteiger partial charge in [0.2, 0.25) is 0 Å². The van der Waals surface area contributed by atoms with Gasteiger partial charge in [0.05, 0.1) is 24.1 Å². The average Bonchev–Trinajstić information content (AvgIpc) is 2.89. The van der Waals surface area contributed by atoms with E-state index < -0.39 is 0 Å². The van der Waals surface area contributed by atoms with Crippen LogP contribution in [-0.4, -0.2) is 36.0 Å². The lowest BCUT2D eigenvalue weighted by molar-refractivity contribution is 0.0347. The summed E-state index contributed by atoms with van der Waals surface area (Å²) in [5.74, 6) is 1.36. The Morgan fingerprint density at radius 2 is 2.07 bits per heavy atom. The fourth-order valence-corrected chi connectivity index (χ4v) is 2.10. The maximum absolute atomic E-state index is 7.98. The van der Waals surface area contributed by atoms with Gasteiger partial charge in [0.25, 0.3) is 0 Å². The van der Waals surface area contributed by atoms with E-state index in [-0.39, 0.29) is 5.60 Å². The van der Waals surface area contributed by atoms with E-state index in [2.05, 4.69) is 18.7 Å². The first kappa shape index (κ1) is 9.97. The van der Waals surface area contributed by atoms with Gasteiger partial charge in [-0.15, -0.1) is 0 Å². The molecule has 1 unspecified atom stereocenters. The van der Waals surface area contributed by atoms with Crippen LogP contribution in [0.5, 0.6) is 0 Å². The summed E-state index contributed by atoms with van der Waals surface area (Å²) in [6.45, 7) is 5.03. The second-order valence-electron chi connectivity index (χ2n) is 5.20. The zero-order valence-corrected chi connectivity index (χ0v) is 9.34. The SMILES string of the molecule is CN(C(=N)C1CC1)C1COC(C)(C)C1. The number of nitrogens with zero attached hydrogens (tertiary/aromatic N) is 1. The lowest BCUT2D eigenvalue weighted by atomic mass is 10.0. The van der Waals surface area contributed by atoms with Crippen LogP contribution in [0.1, 0.15) is 33.1 Å². The van der Waals surface area contributed by atoms with Crippen LogP contribution in [0.4, 0.5) is 0 Å². The third-order valence-electron chi connectivity index (χ3n) is 3.29. The van der Waals surface area contributed by atoms with Gasteiger partial charge in [0, 0.05) is 13.0 Å². The van der Waals surface area contributed by atoms with Gasteiger partial charge in [-0.25, -0.2) is 0 Å². The molecular formula is C11H20N2O. The molecule has 0 aromatic heterocycles. The molecular weight excluding hydrogens is 176 g/mol. The first-order chi connectivity index (χ1) is 6.49. The topological polar surface area (TPSA) is 36.3 Å². The van der Waals surface area contributed by atoms with E-state index in [0.717, 1.165) is 18.9 Å². The van der Waals surface area contributed by atoms with E-state index in [1.54, 1.807) is 0 Å². The summed E-state index contributed by atoms with van der Waals surface area (Å²) < 4.78 is 5.69. The number of hydrogen-bond donors (Lipinski definition) is 1. The fraction of sp³-hybridized carbons (Fsp3) is 0.909. The molecule has 1 aliphatic heterocycles. The number of ether oxygens (including phenoxy) is 1. The normalized spacial score (nSPS) is 30.4. The number of amidine groups is 1. The molecule has 0 aromatic rings. The molecule has 3 heteroatoms. The quantitative estimate of drug-likeness (QED) is 0.540. The average molecular weight is 196 g/mol. The Labute approximate surface area is 85.9 Å². The molecule has 1 atom stereocenters. The van der Waals surface area contributed by atoms with Gasteiger partial charge in [-0.2, -0.15) is 0 Å². The highest BCUT2D eigenvalue weighted by molar-refractivity contribution is 5.83. The van der Waals surface area contributed by atoms with Crippen LogP contribution in [-0.2, 0) is 4.74 Å². The summed E-state index contributed by atoms with van der Waals surface area (Å²) >= 11 is 0. The van der Waals surface area contributed by atoms with Gasteiger partial charge in [0.1, 0.15) is 0 Å². The standard InChI is InChI=1S/C11H20N2O/c1-11(2)6-9(7-14-11)13(3)10(12)8-4-5-8/h8-9,12H,4-7H2,1-3H3. The number of nitrogens with one attached hydrogen (secondary N) is 1. The molecule has 14 heavy (non-hydrogen) atoms. The van der Waals surface area contributed by atoms with Crippen LogP contribution in [0.2, 0.25) is 0 Å². The van der Waals surface area contributed by atoms with Crippen LogP contribution in [0, 0.1) is 11.3 Å². The Hall–Kier alpha value is -0.570. The number of hydrogen-bond acceptors (Lipinski definition) is 2. The Bertz CT molecular complexity index is 246. The lowest BCUT2D eigenvalue weighted by Crippen LogP contribution is -2.38. The molecule has 80 valence electrons. The zero-order valence-electron chi connectivity index (χ0n) is 9.34. The van der Waals surface area contributed by atoms with Crippen molar-refractivity contribution >= 4 is 5.84 Å². The van der Waals surface area contributed by atoms with Crippen molar-refractivity contribution in [2.75, 3.05) is 13.7 Å². The van der Waals surface area contributed by atoms with Crippen molar-refractivity contribution < 1.29 is 4.74 Å². The van der Waals surface area contributed by atoms with Crippen molar-refractivity contribution in [3.63, 3.8) is 0 Å². The number of rotatable bonds is 2. The highest BCUT2D eigenvalue weighted by Crippen LogP contribution is 2.34. The maximum atomic E-state index is 7.98. The molecule has 0 aromatic carbocycles. The molecule has 1 aliphatic carbocycles. The first-order valence-electron chi connectivity index (χ1n) is 5.45. The molecule has 0 radical (unpaired) electrons. The van der Waals surface area contributed by atoms with E-state index in [0.29, 0.717) is 12.0 Å². The van der Waals surface area contributed by atoms with Gasteiger partial charge >= 0.3 is 0 Å². The third kappa shape index (κ3) is 1.92. The van der Waals surface area contributed by atoms with Crippen molar-refractivity contribution in [1.29, 1.82) is 5.41 Å². The predicted octanol–water partition coefficient (Wildman–Crippen LogP) is 1.87. The van der Waals surface area contributed by atoms with Crippen molar-refractivity contribution in [3.05, 3.63) is 0 Å². The lowest BCUT2D eigenvalue weighted by Gasteiger charge is -2.26. The van der Waals surface area contributed by atoms with Crippen LogP contribution in [0.25, 0.3) is 0 Å². The maximum Gasteiger partial charge on any atom is 0.0990 e. The van der Waals surface area contributed by atoms with Crippen molar-refractivity contribution in [1.82, 2.24) is 4.90 Å². The van der Waals surface area contributed by atoms with Gasteiger partial charge in [0.15, 0.2) is 0 Å². The monoisotopic (exact) mass is 196 g/mol. The van der Waals surface area contributed by atoms with Crippen molar-refractivity contribution in [2.24, 2.45) is 5.92 Å². The molecule has 2 aliphatic rings. The molecule has 0 spiro atoms. The van der Waals surface area contributed by atoms with E-state index in [4.69, 9.17) is 10.1 Å². The summed E-state index contributed by atoms with van der Waals surface area (Å²) in [6.07, 6.45) is 3.46. The molecule has 0 amide bonds. The summed E-state index contributed by atoms with van der Waals surface area (Å²) in [5.41, 5.74) is 0.00274.